The molecule has 6 heteroatoms. The Morgan fingerprint density at radius 1 is 1.26 bits per heavy atom. The third-order valence-corrected chi connectivity index (χ3v) is 5.14. The first-order valence-electron chi connectivity index (χ1n) is 8.57. The molecule has 0 amide bonds. The largest absolute Gasteiger partial charge is 0.467 e. The molecule has 1 N–H and O–H groups in total. The molecule has 124 valence electrons. The molecule has 6 nitrogen and oxygen atoms in total. The highest BCUT2D eigenvalue weighted by molar-refractivity contribution is 5.03. The van der Waals surface area contributed by atoms with Crippen LogP contribution in [0.4, 0.5) is 0 Å². The summed E-state index contributed by atoms with van der Waals surface area (Å²) >= 11 is 0. The van der Waals surface area contributed by atoms with E-state index in [0.717, 1.165) is 25.3 Å². The summed E-state index contributed by atoms with van der Waals surface area (Å²) in [6.45, 7) is 1.69. The molecular weight excluding hydrogens is 294 g/mol. The highest BCUT2D eigenvalue weighted by Gasteiger charge is 2.30. The van der Waals surface area contributed by atoms with Gasteiger partial charge < -0.3 is 13.9 Å². The molecule has 1 saturated heterocycles. The van der Waals surface area contributed by atoms with Gasteiger partial charge in [-0.1, -0.05) is 6.42 Å². The maximum Gasteiger partial charge on any atom is 0.230 e. The van der Waals surface area contributed by atoms with Gasteiger partial charge in [0.05, 0.1) is 12.8 Å². The zero-order valence-electron chi connectivity index (χ0n) is 13.2. The van der Waals surface area contributed by atoms with Crippen molar-refractivity contribution < 1.29 is 13.9 Å². The molecule has 2 unspecified atom stereocenters. The summed E-state index contributed by atoms with van der Waals surface area (Å²) in [4.78, 5) is 2.34. The summed E-state index contributed by atoms with van der Waals surface area (Å²) in [5, 5.41) is 18.7. The number of aromatic nitrogens is 2. The highest BCUT2D eigenvalue weighted by atomic mass is 16.4. The van der Waals surface area contributed by atoms with E-state index in [4.69, 9.17) is 8.83 Å². The Balaban J connectivity index is 1.36. The van der Waals surface area contributed by atoms with Crippen LogP contribution in [-0.2, 0) is 6.54 Å². The van der Waals surface area contributed by atoms with Crippen molar-refractivity contribution in [1.82, 2.24) is 15.1 Å². The van der Waals surface area contributed by atoms with Crippen LogP contribution >= 0.6 is 0 Å². The summed E-state index contributed by atoms with van der Waals surface area (Å²) < 4.78 is 11.1. The average Bonchev–Trinajstić information content (AvgIpc) is 3.20. The molecule has 0 aromatic carbocycles. The quantitative estimate of drug-likeness (QED) is 0.882. The Labute approximate surface area is 135 Å². The molecule has 4 rings (SSSR count). The zero-order valence-corrected chi connectivity index (χ0v) is 13.2. The van der Waals surface area contributed by atoms with Crippen molar-refractivity contribution in [2.75, 3.05) is 6.54 Å². The van der Waals surface area contributed by atoms with Crippen molar-refractivity contribution in [1.29, 1.82) is 0 Å². The molecule has 2 aromatic heterocycles. The topological polar surface area (TPSA) is 75.5 Å². The van der Waals surface area contributed by atoms with Crippen LogP contribution in [-0.4, -0.2) is 32.8 Å². The van der Waals surface area contributed by atoms with Crippen LogP contribution in [0.15, 0.2) is 27.2 Å². The van der Waals surface area contributed by atoms with Gasteiger partial charge in [0.25, 0.3) is 0 Å². The maximum absolute atomic E-state index is 10.3. The van der Waals surface area contributed by atoms with Gasteiger partial charge >= 0.3 is 0 Å². The number of aliphatic hydroxyl groups excluding tert-OH is 1. The molecule has 0 radical (unpaired) electrons. The second-order valence-corrected chi connectivity index (χ2v) is 6.70. The van der Waals surface area contributed by atoms with Crippen molar-refractivity contribution in [2.24, 2.45) is 0 Å². The van der Waals surface area contributed by atoms with Crippen LogP contribution in [0.2, 0.25) is 0 Å². The monoisotopic (exact) mass is 317 g/mol. The smallest absolute Gasteiger partial charge is 0.230 e. The minimum Gasteiger partial charge on any atom is -0.467 e. The summed E-state index contributed by atoms with van der Waals surface area (Å²) in [6.07, 6.45) is 7.56. The van der Waals surface area contributed by atoms with Crippen LogP contribution in [0.3, 0.4) is 0 Å². The van der Waals surface area contributed by atoms with E-state index in [0.29, 0.717) is 36.6 Å². The molecule has 1 aliphatic carbocycles. The van der Waals surface area contributed by atoms with Gasteiger partial charge in [-0.05, 0) is 50.8 Å². The molecule has 2 atom stereocenters. The predicted molar refractivity (Wildman–Crippen MR) is 82.6 cm³/mol. The van der Waals surface area contributed by atoms with Gasteiger partial charge in [0.1, 0.15) is 11.9 Å². The minimum atomic E-state index is -0.552. The normalized spacial score (nSPS) is 24.0. The van der Waals surface area contributed by atoms with E-state index in [2.05, 4.69) is 15.1 Å². The number of rotatable bonds is 6. The first-order chi connectivity index (χ1) is 11.3. The molecule has 2 aliphatic rings. The molecule has 0 bridgehead atoms. The van der Waals surface area contributed by atoms with Crippen molar-refractivity contribution >= 4 is 0 Å². The minimum absolute atomic E-state index is 0.328. The lowest BCUT2D eigenvalue weighted by Gasteiger charge is -2.24. The van der Waals surface area contributed by atoms with Crippen molar-refractivity contribution in [3.63, 3.8) is 0 Å². The molecule has 2 aromatic rings. The lowest BCUT2D eigenvalue weighted by Crippen LogP contribution is -2.30. The van der Waals surface area contributed by atoms with Gasteiger partial charge in [0.15, 0.2) is 0 Å². The van der Waals surface area contributed by atoms with Crippen LogP contribution in [0.5, 0.6) is 0 Å². The second-order valence-electron chi connectivity index (χ2n) is 6.70. The summed E-state index contributed by atoms with van der Waals surface area (Å²) in [5.74, 6) is 2.62. The number of aliphatic hydroxyl groups is 1. The fraction of sp³-hybridized carbons (Fsp3) is 0.647. The van der Waals surface area contributed by atoms with Crippen LogP contribution in [0, 0.1) is 0 Å². The number of hydrogen-bond donors (Lipinski definition) is 1. The first-order valence-corrected chi connectivity index (χ1v) is 8.57. The third-order valence-electron chi connectivity index (χ3n) is 5.14. The Hall–Kier alpha value is -1.66. The van der Waals surface area contributed by atoms with Gasteiger partial charge in [0, 0.05) is 12.0 Å². The van der Waals surface area contributed by atoms with E-state index in [1.165, 1.54) is 19.3 Å². The second kappa shape index (κ2) is 6.45. The molecule has 0 spiro atoms. The Morgan fingerprint density at radius 3 is 2.91 bits per heavy atom. The average molecular weight is 317 g/mol. The van der Waals surface area contributed by atoms with Crippen molar-refractivity contribution in [2.45, 2.75) is 63.1 Å². The van der Waals surface area contributed by atoms with E-state index in [1.807, 2.05) is 12.1 Å². The standard InChI is InChI=1S/C17H23N3O3/c21-14(15-7-3-9-22-15)10-13-6-2-8-20(13)11-16-18-19-17(23-16)12-4-1-5-12/h3,7,9,12-14,21H,1-2,4-6,8,10-11H2. The number of hydrogen-bond acceptors (Lipinski definition) is 6. The van der Waals surface area contributed by atoms with Gasteiger partial charge in [-0.15, -0.1) is 10.2 Å². The lowest BCUT2D eigenvalue weighted by molar-refractivity contribution is 0.0961. The van der Waals surface area contributed by atoms with E-state index in [-0.39, 0.29) is 0 Å². The maximum atomic E-state index is 10.3. The molecule has 2 fully saturated rings. The Bertz CT molecular complexity index is 621. The van der Waals surface area contributed by atoms with Gasteiger partial charge in [-0.25, -0.2) is 0 Å². The molecule has 23 heavy (non-hydrogen) atoms. The van der Waals surface area contributed by atoms with Gasteiger partial charge in [-0.2, -0.15) is 0 Å². The summed E-state index contributed by atoms with van der Waals surface area (Å²) in [7, 11) is 0. The highest BCUT2D eigenvalue weighted by Crippen LogP contribution is 2.35. The molecule has 1 saturated carbocycles. The number of likely N-dealkylation sites (tertiary alicyclic amines) is 1. The fourth-order valence-corrected chi connectivity index (χ4v) is 3.55. The first kappa shape index (κ1) is 14.9. The molecule has 3 heterocycles. The summed E-state index contributed by atoms with van der Waals surface area (Å²) in [5.41, 5.74) is 0. The lowest BCUT2D eigenvalue weighted by atomic mass is 9.85. The van der Waals surface area contributed by atoms with Crippen molar-refractivity contribution in [3.05, 3.63) is 35.9 Å². The predicted octanol–water partition coefficient (Wildman–Crippen LogP) is 3.02. The van der Waals surface area contributed by atoms with Gasteiger partial charge in [0.2, 0.25) is 11.8 Å². The fourth-order valence-electron chi connectivity index (χ4n) is 3.55. The van der Waals surface area contributed by atoms with E-state index in [1.54, 1.807) is 6.26 Å². The molecule has 1 aliphatic heterocycles. The number of furan rings is 1. The van der Waals surface area contributed by atoms with E-state index >= 15 is 0 Å². The van der Waals surface area contributed by atoms with Crippen LogP contribution in [0.1, 0.15) is 68.1 Å². The third kappa shape index (κ3) is 3.19. The van der Waals surface area contributed by atoms with Gasteiger partial charge in [-0.3, -0.25) is 4.90 Å². The zero-order chi connectivity index (χ0) is 15.6. The SMILES string of the molecule is OC(CC1CCCN1Cc1nnc(C2CCC2)o1)c1ccco1. The summed E-state index contributed by atoms with van der Waals surface area (Å²) in [6, 6.07) is 3.97. The molecular formula is C17H23N3O3. The van der Waals surface area contributed by atoms with Crippen LogP contribution < -0.4 is 0 Å². The number of nitrogens with zero attached hydrogens (tertiary/aromatic N) is 3. The van der Waals surface area contributed by atoms with Crippen LogP contribution in [0.25, 0.3) is 0 Å². The Morgan fingerprint density at radius 2 is 2.17 bits per heavy atom. The van der Waals surface area contributed by atoms with E-state index < -0.39 is 6.10 Å². The van der Waals surface area contributed by atoms with E-state index in [9.17, 15) is 5.11 Å². The Kier molecular flexibility index (Phi) is 4.18. The van der Waals surface area contributed by atoms with Crippen molar-refractivity contribution in [3.8, 4) is 0 Å².